The van der Waals surface area contributed by atoms with Crippen molar-refractivity contribution >= 4 is 29.1 Å². The SMILES string of the molecule is O=C(NCCN1CCC2(CC1)C(=O)NCN2c1ccccc1)c1cccnc1Cl. The van der Waals surface area contributed by atoms with Gasteiger partial charge in [0.05, 0.1) is 12.2 Å². The Kier molecular flexibility index (Phi) is 5.69. The Bertz CT molecular complexity index is 884. The molecular formula is C21H24ClN5O2. The molecule has 2 aliphatic rings. The molecule has 1 aromatic heterocycles. The summed E-state index contributed by atoms with van der Waals surface area (Å²) in [5.74, 6) is -0.109. The van der Waals surface area contributed by atoms with Crippen LogP contribution in [0.25, 0.3) is 0 Å². The minimum absolute atomic E-state index is 0.112. The molecule has 2 amide bonds. The van der Waals surface area contributed by atoms with E-state index in [-0.39, 0.29) is 17.0 Å². The maximum Gasteiger partial charge on any atom is 0.254 e. The van der Waals surface area contributed by atoms with Crippen LogP contribution in [-0.4, -0.2) is 60.1 Å². The van der Waals surface area contributed by atoms with Crippen molar-refractivity contribution in [2.75, 3.05) is 37.7 Å². The molecule has 2 aliphatic heterocycles. The molecule has 3 heterocycles. The first kappa shape index (κ1) is 19.7. The summed E-state index contributed by atoms with van der Waals surface area (Å²) < 4.78 is 0. The molecule has 2 saturated heterocycles. The number of likely N-dealkylation sites (tertiary alicyclic amines) is 1. The Morgan fingerprint density at radius 2 is 1.93 bits per heavy atom. The van der Waals surface area contributed by atoms with Gasteiger partial charge in [0.15, 0.2) is 0 Å². The monoisotopic (exact) mass is 413 g/mol. The largest absolute Gasteiger partial charge is 0.351 e. The lowest BCUT2D eigenvalue weighted by molar-refractivity contribution is -0.125. The standard InChI is InChI=1S/C21H24ClN5O2/c22-18-17(7-4-10-23-18)19(28)24-11-14-26-12-8-21(9-13-26)20(29)25-15-27(21)16-5-2-1-3-6-16/h1-7,10H,8-9,11-15H2,(H,24,28)(H,25,29). The first-order valence-corrected chi connectivity index (χ1v) is 10.2. The van der Waals surface area contributed by atoms with Gasteiger partial charge < -0.3 is 20.4 Å². The van der Waals surface area contributed by atoms with Crippen LogP contribution < -0.4 is 15.5 Å². The molecule has 8 heteroatoms. The molecule has 152 valence electrons. The van der Waals surface area contributed by atoms with Crippen LogP contribution in [0.1, 0.15) is 23.2 Å². The summed E-state index contributed by atoms with van der Waals surface area (Å²) in [6.07, 6.45) is 3.08. The number of carbonyl (C=O) groups is 2. The average molecular weight is 414 g/mol. The number of piperidine rings is 1. The van der Waals surface area contributed by atoms with Crippen molar-refractivity contribution in [3.05, 3.63) is 59.4 Å². The van der Waals surface area contributed by atoms with E-state index in [2.05, 4.69) is 25.4 Å². The first-order chi connectivity index (χ1) is 14.1. The third kappa shape index (κ3) is 3.93. The van der Waals surface area contributed by atoms with Crippen molar-refractivity contribution in [3.63, 3.8) is 0 Å². The van der Waals surface area contributed by atoms with Crippen molar-refractivity contribution < 1.29 is 9.59 Å². The van der Waals surface area contributed by atoms with E-state index in [1.54, 1.807) is 18.3 Å². The lowest BCUT2D eigenvalue weighted by Crippen LogP contribution is -2.57. The fourth-order valence-corrected chi connectivity index (χ4v) is 4.36. The van der Waals surface area contributed by atoms with Crippen LogP contribution in [0.5, 0.6) is 0 Å². The van der Waals surface area contributed by atoms with Crippen molar-refractivity contribution in [2.45, 2.75) is 18.4 Å². The Labute approximate surface area is 175 Å². The van der Waals surface area contributed by atoms with E-state index in [1.807, 2.05) is 30.3 Å². The first-order valence-electron chi connectivity index (χ1n) is 9.82. The topological polar surface area (TPSA) is 77.6 Å². The molecule has 0 atom stereocenters. The lowest BCUT2D eigenvalue weighted by Gasteiger charge is -2.43. The molecule has 1 spiro atoms. The molecule has 0 saturated carbocycles. The number of pyridine rings is 1. The number of carbonyl (C=O) groups excluding carboxylic acids is 2. The van der Waals surface area contributed by atoms with Gasteiger partial charge in [-0.1, -0.05) is 29.8 Å². The minimum Gasteiger partial charge on any atom is -0.351 e. The van der Waals surface area contributed by atoms with Gasteiger partial charge in [0.25, 0.3) is 5.91 Å². The quantitative estimate of drug-likeness (QED) is 0.732. The number of hydrogen-bond acceptors (Lipinski definition) is 5. The normalized spacial score (nSPS) is 18.7. The van der Waals surface area contributed by atoms with Gasteiger partial charge in [0.2, 0.25) is 5.91 Å². The summed E-state index contributed by atoms with van der Waals surface area (Å²) in [5, 5.41) is 6.12. The lowest BCUT2D eigenvalue weighted by atomic mass is 9.85. The van der Waals surface area contributed by atoms with E-state index in [4.69, 9.17) is 11.6 Å². The molecule has 2 N–H and O–H groups in total. The number of nitrogens with one attached hydrogen (secondary N) is 2. The highest BCUT2D eigenvalue weighted by Gasteiger charge is 2.50. The highest BCUT2D eigenvalue weighted by molar-refractivity contribution is 6.32. The summed E-state index contributed by atoms with van der Waals surface area (Å²) in [6.45, 7) is 3.41. The highest BCUT2D eigenvalue weighted by Crippen LogP contribution is 2.35. The van der Waals surface area contributed by atoms with E-state index in [9.17, 15) is 9.59 Å². The number of hydrogen-bond donors (Lipinski definition) is 2. The summed E-state index contributed by atoms with van der Waals surface area (Å²) in [4.78, 5) is 33.3. The van der Waals surface area contributed by atoms with Crippen LogP contribution in [0.2, 0.25) is 5.15 Å². The minimum atomic E-state index is -0.482. The summed E-state index contributed by atoms with van der Waals surface area (Å²) >= 11 is 5.97. The van der Waals surface area contributed by atoms with Crippen LogP contribution in [0.15, 0.2) is 48.7 Å². The van der Waals surface area contributed by atoms with E-state index in [0.717, 1.165) is 38.2 Å². The van der Waals surface area contributed by atoms with Crippen molar-refractivity contribution in [1.29, 1.82) is 0 Å². The van der Waals surface area contributed by atoms with Crippen LogP contribution >= 0.6 is 11.6 Å². The predicted octanol–water partition coefficient (Wildman–Crippen LogP) is 1.89. The second kappa shape index (κ2) is 8.39. The molecule has 0 aliphatic carbocycles. The fourth-order valence-electron chi connectivity index (χ4n) is 4.16. The second-order valence-electron chi connectivity index (χ2n) is 7.40. The number of nitrogens with zero attached hydrogens (tertiary/aromatic N) is 3. The Balaban J connectivity index is 1.31. The predicted molar refractivity (Wildman–Crippen MR) is 112 cm³/mol. The van der Waals surface area contributed by atoms with Gasteiger partial charge in [-0.15, -0.1) is 0 Å². The number of amides is 2. The molecule has 0 bridgehead atoms. The van der Waals surface area contributed by atoms with Crippen molar-refractivity contribution in [3.8, 4) is 0 Å². The van der Waals surface area contributed by atoms with E-state index >= 15 is 0 Å². The van der Waals surface area contributed by atoms with E-state index in [1.165, 1.54) is 0 Å². The maximum absolute atomic E-state index is 12.7. The van der Waals surface area contributed by atoms with Gasteiger partial charge in [-0.2, -0.15) is 0 Å². The van der Waals surface area contributed by atoms with Crippen molar-refractivity contribution in [1.82, 2.24) is 20.5 Å². The number of para-hydroxylation sites is 1. The zero-order valence-corrected chi connectivity index (χ0v) is 16.9. The molecule has 0 radical (unpaired) electrons. The van der Waals surface area contributed by atoms with Gasteiger partial charge >= 0.3 is 0 Å². The summed E-state index contributed by atoms with van der Waals surface area (Å²) in [6, 6.07) is 13.4. The van der Waals surface area contributed by atoms with Crippen LogP contribution in [0.4, 0.5) is 5.69 Å². The zero-order valence-electron chi connectivity index (χ0n) is 16.1. The van der Waals surface area contributed by atoms with Gasteiger partial charge in [-0.05, 0) is 37.1 Å². The van der Waals surface area contributed by atoms with E-state index < -0.39 is 5.54 Å². The molecule has 4 rings (SSSR count). The van der Waals surface area contributed by atoms with Gasteiger partial charge in [-0.25, -0.2) is 4.98 Å². The molecule has 0 unspecified atom stereocenters. The summed E-state index contributed by atoms with van der Waals surface area (Å²) in [5.41, 5.74) is 0.970. The number of anilines is 1. The van der Waals surface area contributed by atoms with Crippen LogP contribution in [0.3, 0.4) is 0 Å². The molecule has 2 aromatic rings. The number of rotatable bonds is 5. The van der Waals surface area contributed by atoms with Gasteiger partial charge in [0, 0.05) is 38.1 Å². The Hall–Kier alpha value is -2.64. The molecular weight excluding hydrogens is 390 g/mol. The Morgan fingerprint density at radius 3 is 2.66 bits per heavy atom. The second-order valence-corrected chi connectivity index (χ2v) is 7.76. The zero-order chi connectivity index (χ0) is 20.3. The van der Waals surface area contributed by atoms with Gasteiger partial charge in [-0.3, -0.25) is 9.59 Å². The van der Waals surface area contributed by atoms with Crippen LogP contribution in [-0.2, 0) is 4.79 Å². The molecule has 29 heavy (non-hydrogen) atoms. The molecule has 1 aromatic carbocycles. The van der Waals surface area contributed by atoms with Crippen LogP contribution in [0, 0.1) is 0 Å². The molecule has 2 fully saturated rings. The smallest absolute Gasteiger partial charge is 0.254 e. The fraction of sp³-hybridized carbons (Fsp3) is 0.381. The number of aromatic nitrogens is 1. The molecule has 7 nitrogen and oxygen atoms in total. The third-order valence-electron chi connectivity index (χ3n) is 5.81. The average Bonchev–Trinajstić information content (AvgIpc) is 3.06. The number of halogens is 1. The Morgan fingerprint density at radius 1 is 1.17 bits per heavy atom. The highest BCUT2D eigenvalue weighted by atomic mass is 35.5. The maximum atomic E-state index is 12.7. The van der Waals surface area contributed by atoms with E-state index in [0.29, 0.717) is 18.8 Å². The van der Waals surface area contributed by atoms with Crippen molar-refractivity contribution in [2.24, 2.45) is 0 Å². The number of benzene rings is 1. The van der Waals surface area contributed by atoms with Gasteiger partial charge in [0.1, 0.15) is 10.7 Å². The summed E-state index contributed by atoms with van der Waals surface area (Å²) in [7, 11) is 0. The third-order valence-corrected chi connectivity index (χ3v) is 6.11.